The van der Waals surface area contributed by atoms with Crippen molar-refractivity contribution in [2.24, 2.45) is 13.0 Å². The first-order valence-electron chi connectivity index (χ1n) is 10.3. The van der Waals surface area contributed by atoms with E-state index in [4.69, 9.17) is 16.3 Å². The molecule has 4 heterocycles. The summed E-state index contributed by atoms with van der Waals surface area (Å²) in [4.78, 5) is 31.1. The summed E-state index contributed by atoms with van der Waals surface area (Å²) < 4.78 is 6.84. The van der Waals surface area contributed by atoms with Crippen LogP contribution in [-0.4, -0.2) is 61.9 Å². The lowest BCUT2D eigenvalue weighted by Crippen LogP contribution is -2.43. The van der Waals surface area contributed by atoms with Crippen molar-refractivity contribution in [3.05, 3.63) is 47.0 Å². The number of carbonyl (C=O) groups excluding carboxylic acids is 2. The van der Waals surface area contributed by atoms with Gasteiger partial charge in [-0.3, -0.25) is 19.4 Å². The SMILES string of the molecule is COc1cc(-c2cc(C(=O)N3CCC(C(=O)NCc4ccn(C)n4)CC3)n[nH]2)c(Cl)cn1. The van der Waals surface area contributed by atoms with E-state index in [1.54, 1.807) is 21.7 Å². The van der Waals surface area contributed by atoms with E-state index in [0.29, 0.717) is 60.3 Å². The third-order valence-electron chi connectivity index (χ3n) is 5.49. The number of carbonyl (C=O) groups is 2. The van der Waals surface area contributed by atoms with Crippen molar-refractivity contribution in [2.45, 2.75) is 19.4 Å². The lowest BCUT2D eigenvalue weighted by Gasteiger charge is -2.30. The topological polar surface area (TPSA) is 118 Å². The van der Waals surface area contributed by atoms with E-state index in [1.165, 1.54) is 13.3 Å². The van der Waals surface area contributed by atoms with E-state index < -0.39 is 0 Å². The number of methoxy groups -OCH3 is 1. The molecule has 11 heteroatoms. The molecule has 2 amide bonds. The zero-order valence-electron chi connectivity index (χ0n) is 17.8. The zero-order chi connectivity index (χ0) is 22.7. The lowest BCUT2D eigenvalue weighted by atomic mass is 9.95. The van der Waals surface area contributed by atoms with Gasteiger partial charge in [0, 0.05) is 43.9 Å². The molecule has 32 heavy (non-hydrogen) atoms. The molecule has 0 unspecified atom stereocenters. The number of hydrogen-bond acceptors (Lipinski definition) is 6. The molecule has 0 saturated carbocycles. The molecule has 3 aromatic heterocycles. The molecule has 168 valence electrons. The van der Waals surface area contributed by atoms with Crippen LogP contribution in [0.2, 0.25) is 5.02 Å². The van der Waals surface area contributed by atoms with E-state index in [-0.39, 0.29) is 17.7 Å². The van der Waals surface area contributed by atoms with Crippen molar-refractivity contribution < 1.29 is 14.3 Å². The van der Waals surface area contributed by atoms with Crippen LogP contribution in [0.3, 0.4) is 0 Å². The minimum Gasteiger partial charge on any atom is -0.481 e. The van der Waals surface area contributed by atoms with E-state index in [0.717, 1.165) is 5.69 Å². The van der Waals surface area contributed by atoms with Crippen LogP contribution in [0.1, 0.15) is 29.0 Å². The Morgan fingerprint density at radius 1 is 1.31 bits per heavy atom. The summed E-state index contributed by atoms with van der Waals surface area (Å²) in [7, 11) is 3.35. The maximum Gasteiger partial charge on any atom is 0.274 e. The van der Waals surface area contributed by atoms with Crippen LogP contribution in [-0.2, 0) is 18.4 Å². The Hall–Kier alpha value is -3.40. The molecule has 0 radical (unpaired) electrons. The number of aromatic amines is 1. The molecule has 1 aliphatic heterocycles. The number of aryl methyl sites for hydroxylation is 1. The number of nitrogens with zero attached hydrogens (tertiary/aromatic N) is 5. The lowest BCUT2D eigenvalue weighted by molar-refractivity contribution is -0.126. The molecule has 0 bridgehead atoms. The monoisotopic (exact) mass is 457 g/mol. The van der Waals surface area contributed by atoms with E-state index >= 15 is 0 Å². The minimum atomic E-state index is -0.183. The van der Waals surface area contributed by atoms with Gasteiger partial charge in [0.2, 0.25) is 11.8 Å². The first-order valence-corrected chi connectivity index (χ1v) is 10.6. The Morgan fingerprint density at radius 2 is 2.09 bits per heavy atom. The smallest absolute Gasteiger partial charge is 0.274 e. The molecule has 1 fully saturated rings. The van der Waals surface area contributed by atoms with Crippen molar-refractivity contribution in [3.8, 4) is 17.1 Å². The molecular weight excluding hydrogens is 434 g/mol. The number of rotatable bonds is 6. The molecule has 0 aliphatic carbocycles. The van der Waals surface area contributed by atoms with Crippen LogP contribution in [0.25, 0.3) is 11.3 Å². The number of pyridine rings is 1. The second-order valence-electron chi connectivity index (χ2n) is 7.64. The predicted molar refractivity (Wildman–Crippen MR) is 117 cm³/mol. The number of halogens is 1. The third-order valence-corrected chi connectivity index (χ3v) is 5.79. The fourth-order valence-electron chi connectivity index (χ4n) is 3.69. The predicted octanol–water partition coefficient (Wildman–Crippen LogP) is 2.04. The average molecular weight is 458 g/mol. The Balaban J connectivity index is 1.33. The van der Waals surface area contributed by atoms with Gasteiger partial charge in [0.05, 0.1) is 36.3 Å². The second-order valence-corrected chi connectivity index (χ2v) is 8.05. The van der Waals surface area contributed by atoms with Gasteiger partial charge in [0.1, 0.15) is 0 Å². The van der Waals surface area contributed by atoms with Crippen LogP contribution >= 0.6 is 11.6 Å². The van der Waals surface area contributed by atoms with Gasteiger partial charge in [-0.15, -0.1) is 0 Å². The molecule has 0 atom stereocenters. The number of likely N-dealkylation sites (tertiary alicyclic amines) is 1. The summed E-state index contributed by atoms with van der Waals surface area (Å²) in [5, 5.41) is 14.6. The summed E-state index contributed by atoms with van der Waals surface area (Å²) in [6.45, 7) is 1.39. The highest BCUT2D eigenvalue weighted by molar-refractivity contribution is 6.33. The van der Waals surface area contributed by atoms with E-state index in [1.807, 2.05) is 19.3 Å². The Labute approximate surface area is 189 Å². The number of ether oxygens (including phenoxy) is 1. The highest BCUT2D eigenvalue weighted by Gasteiger charge is 2.29. The van der Waals surface area contributed by atoms with E-state index in [9.17, 15) is 9.59 Å². The second kappa shape index (κ2) is 9.39. The van der Waals surface area contributed by atoms with Gasteiger partial charge < -0.3 is 15.0 Å². The summed E-state index contributed by atoms with van der Waals surface area (Å²) in [5.74, 6) is 0.0962. The van der Waals surface area contributed by atoms with Crippen molar-refractivity contribution in [1.29, 1.82) is 0 Å². The van der Waals surface area contributed by atoms with Crippen LogP contribution in [0.4, 0.5) is 0 Å². The standard InChI is InChI=1S/C21H24ClN7O3/c1-28-6-5-14(27-28)11-24-20(30)13-3-7-29(8-4-13)21(31)18-10-17(25-26-18)15-9-19(32-2)23-12-16(15)22/h5-6,9-10,12-13H,3-4,7-8,11H2,1-2H3,(H,24,30)(H,25,26). The number of piperidine rings is 1. The number of aromatic nitrogens is 5. The molecule has 1 saturated heterocycles. The average Bonchev–Trinajstić information content (AvgIpc) is 3.46. The fourth-order valence-corrected chi connectivity index (χ4v) is 3.90. The molecule has 2 N–H and O–H groups in total. The van der Waals surface area contributed by atoms with Crippen LogP contribution in [0.15, 0.2) is 30.6 Å². The quantitative estimate of drug-likeness (QED) is 0.584. The van der Waals surface area contributed by atoms with Gasteiger partial charge in [-0.1, -0.05) is 11.6 Å². The van der Waals surface area contributed by atoms with Crippen molar-refractivity contribution >= 4 is 23.4 Å². The molecule has 0 spiro atoms. The molecule has 10 nitrogen and oxygen atoms in total. The van der Waals surface area contributed by atoms with Crippen LogP contribution in [0, 0.1) is 5.92 Å². The van der Waals surface area contributed by atoms with Gasteiger partial charge in [-0.05, 0) is 25.0 Å². The van der Waals surface area contributed by atoms with Crippen molar-refractivity contribution in [3.63, 3.8) is 0 Å². The maximum atomic E-state index is 12.9. The van der Waals surface area contributed by atoms with Gasteiger partial charge in [-0.2, -0.15) is 10.2 Å². The Bertz CT molecular complexity index is 1120. The van der Waals surface area contributed by atoms with Gasteiger partial charge in [0.15, 0.2) is 5.69 Å². The van der Waals surface area contributed by atoms with Gasteiger partial charge in [0.25, 0.3) is 5.91 Å². The van der Waals surface area contributed by atoms with Gasteiger partial charge >= 0.3 is 0 Å². The van der Waals surface area contributed by atoms with Gasteiger partial charge in [-0.25, -0.2) is 4.98 Å². The highest BCUT2D eigenvalue weighted by atomic mass is 35.5. The largest absolute Gasteiger partial charge is 0.481 e. The highest BCUT2D eigenvalue weighted by Crippen LogP contribution is 2.29. The zero-order valence-corrected chi connectivity index (χ0v) is 18.6. The summed E-state index contributed by atoms with van der Waals surface area (Å²) in [6, 6.07) is 5.21. The Kier molecular flexibility index (Phi) is 6.40. The number of hydrogen-bond donors (Lipinski definition) is 2. The number of H-pyrrole nitrogens is 1. The summed E-state index contributed by atoms with van der Waals surface area (Å²) in [5.41, 5.74) is 2.36. The van der Waals surface area contributed by atoms with Crippen molar-refractivity contribution in [1.82, 2.24) is 35.2 Å². The molecule has 3 aromatic rings. The maximum absolute atomic E-state index is 12.9. The van der Waals surface area contributed by atoms with Crippen LogP contribution in [0.5, 0.6) is 5.88 Å². The van der Waals surface area contributed by atoms with E-state index in [2.05, 4.69) is 25.6 Å². The molecular formula is C21H24ClN7O3. The van der Waals surface area contributed by atoms with Crippen molar-refractivity contribution in [2.75, 3.05) is 20.2 Å². The third kappa shape index (κ3) is 4.75. The number of nitrogens with one attached hydrogen (secondary N) is 2. The molecule has 4 rings (SSSR count). The Morgan fingerprint density at radius 3 is 2.78 bits per heavy atom. The molecule has 1 aliphatic rings. The minimum absolute atomic E-state index is 0.00826. The summed E-state index contributed by atoms with van der Waals surface area (Å²) >= 11 is 6.23. The summed E-state index contributed by atoms with van der Waals surface area (Å²) in [6.07, 6.45) is 4.53. The fraction of sp³-hybridized carbons (Fsp3) is 0.381. The normalized spacial score (nSPS) is 14.4. The first-order chi connectivity index (χ1) is 15.4. The van der Waals surface area contributed by atoms with Crippen LogP contribution < -0.4 is 10.1 Å². The first kappa shape index (κ1) is 21.8. The molecule has 0 aromatic carbocycles. The number of amides is 2.